The van der Waals surface area contributed by atoms with E-state index in [1.165, 1.54) is 11.1 Å². The van der Waals surface area contributed by atoms with Gasteiger partial charge in [0.25, 0.3) is 0 Å². The number of hydrogen-bond acceptors (Lipinski definition) is 5. The lowest BCUT2D eigenvalue weighted by atomic mass is 10.1. The van der Waals surface area contributed by atoms with E-state index in [1.54, 1.807) is 23.1 Å². The molecule has 27 heavy (non-hydrogen) atoms. The average Bonchev–Trinajstić information content (AvgIpc) is 3.34. The minimum Gasteiger partial charge on any atom is -0.302 e. The SMILES string of the molecule is CCn1c(SCc2csc(-c3cccc(C)c3)n2)nnc1-c1ccccc1. The zero-order valence-corrected chi connectivity index (χ0v) is 16.9. The lowest BCUT2D eigenvalue weighted by Crippen LogP contribution is -1.99. The van der Waals surface area contributed by atoms with Gasteiger partial charge in [0.05, 0.1) is 5.69 Å². The molecular weight excluding hydrogens is 372 g/mol. The first-order chi connectivity index (χ1) is 13.2. The van der Waals surface area contributed by atoms with Crippen LogP contribution in [-0.4, -0.2) is 19.7 Å². The molecule has 0 fully saturated rings. The lowest BCUT2D eigenvalue weighted by Gasteiger charge is -2.06. The molecule has 0 saturated heterocycles. The van der Waals surface area contributed by atoms with Gasteiger partial charge in [-0.15, -0.1) is 21.5 Å². The number of aromatic nitrogens is 4. The number of rotatable bonds is 6. The van der Waals surface area contributed by atoms with Gasteiger partial charge < -0.3 is 4.57 Å². The highest BCUT2D eigenvalue weighted by molar-refractivity contribution is 7.98. The Labute approximate surface area is 167 Å². The highest BCUT2D eigenvalue weighted by Gasteiger charge is 2.14. The van der Waals surface area contributed by atoms with Gasteiger partial charge in [-0.05, 0) is 19.9 Å². The van der Waals surface area contributed by atoms with Crippen LogP contribution in [-0.2, 0) is 12.3 Å². The summed E-state index contributed by atoms with van der Waals surface area (Å²) in [4.78, 5) is 4.80. The van der Waals surface area contributed by atoms with Gasteiger partial charge in [0.1, 0.15) is 5.01 Å². The Hall–Kier alpha value is -2.44. The third-order valence-corrected chi connectivity index (χ3v) is 6.17. The largest absolute Gasteiger partial charge is 0.302 e. The molecule has 0 N–H and O–H groups in total. The molecule has 6 heteroatoms. The van der Waals surface area contributed by atoms with Gasteiger partial charge in [0.2, 0.25) is 0 Å². The molecule has 0 bridgehead atoms. The molecule has 0 aliphatic heterocycles. The Morgan fingerprint density at radius 1 is 1.00 bits per heavy atom. The van der Waals surface area contributed by atoms with Gasteiger partial charge in [-0.1, -0.05) is 65.9 Å². The van der Waals surface area contributed by atoms with Gasteiger partial charge >= 0.3 is 0 Å². The first-order valence-corrected chi connectivity index (χ1v) is 10.7. The van der Waals surface area contributed by atoms with Crippen LogP contribution >= 0.6 is 23.1 Å². The highest BCUT2D eigenvalue weighted by Crippen LogP contribution is 2.29. The number of nitrogens with zero attached hydrogens (tertiary/aromatic N) is 4. The van der Waals surface area contributed by atoms with E-state index in [4.69, 9.17) is 4.98 Å². The van der Waals surface area contributed by atoms with E-state index in [2.05, 4.69) is 70.4 Å². The van der Waals surface area contributed by atoms with E-state index in [-0.39, 0.29) is 0 Å². The van der Waals surface area contributed by atoms with Gasteiger partial charge in [0, 0.05) is 28.8 Å². The maximum Gasteiger partial charge on any atom is 0.191 e. The minimum absolute atomic E-state index is 0.787. The molecule has 0 unspecified atom stereocenters. The second-order valence-corrected chi connectivity index (χ2v) is 8.02. The molecule has 4 rings (SSSR count). The molecule has 0 radical (unpaired) electrons. The summed E-state index contributed by atoms with van der Waals surface area (Å²) in [6.45, 7) is 5.07. The predicted octanol–water partition coefficient (Wildman–Crippen LogP) is 5.69. The number of thioether (sulfide) groups is 1. The fourth-order valence-electron chi connectivity index (χ4n) is 2.90. The third kappa shape index (κ3) is 3.96. The van der Waals surface area contributed by atoms with Crippen molar-refractivity contribution in [1.82, 2.24) is 19.7 Å². The van der Waals surface area contributed by atoms with Crippen molar-refractivity contribution in [2.45, 2.75) is 31.3 Å². The van der Waals surface area contributed by atoms with Crippen LogP contribution in [0.1, 0.15) is 18.2 Å². The van der Waals surface area contributed by atoms with Crippen molar-refractivity contribution < 1.29 is 0 Å². The Morgan fingerprint density at radius 2 is 1.81 bits per heavy atom. The summed E-state index contributed by atoms with van der Waals surface area (Å²) in [6.07, 6.45) is 0. The molecule has 4 aromatic rings. The smallest absolute Gasteiger partial charge is 0.191 e. The first kappa shape index (κ1) is 17.9. The molecule has 2 aromatic heterocycles. The quantitative estimate of drug-likeness (QED) is 0.395. The maximum absolute atomic E-state index is 4.80. The monoisotopic (exact) mass is 392 g/mol. The van der Waals surface area contributed by atoms with Gasteiger partial charge in [0.15, 0.2) is 11.0 Å². The predicted molar refractivity (Wildman–Crippen MR) is 113 cm³/mol. The van der Waals surface area contributed by atoms with Gasteiger partial charge in [-0.2, -0.15) is 0 Å². The van der Waals surface area contributed by atoms with E-state index in [0.29, 0.717) is 0 Å². The van der Waals surface area contributed by atoms with E-state index in [9.17, 15) is 0 Å². The van der Waals surface area contributed by atoms with Crippen molar-refractivity contribution in [3.05, 3.63) is 71.2 Å². The van der Waals surface area contributed by atoms with E-state index in [0.717, 1.165) is 39.5 Å². The topological polar surface area (TPSA) is 43.6 Å². The molecule has 0 aliphatic carbocycles. The average molecular weight is 393 g/mol. The second kappa shape index (κ2) is 8.06. The molecule has 0 amide bonds. The van der Waals surface area contributed by atoms with Crippen LogP contribution in [0.4, 0.5) is 0 Å². The van der Waals surface area contributed by atoms with Gasteiger partial charge in [-0.25, -0.2) is 4.98 Å². The summed E-state index contributed by atoms with van der Waals surface area (Å²) in [7, 11) is 0. The fourth-order valence-corrected chi connectivity index (χ4v) is 4.72. The Balaban J connectivity index is 1.51. The second-order valence-electron chi connectivity index (χ2n) is 6.22. The highest BCUT2D eigenvalue weighted by atomic mass is 32.2. The van der Waals surface area contributed by atoms with E-state index < -0.39 is 0 Å². The summed E-state index contributed by atoms with van der Waals surface area (Å²) in [5.74, 6) is 1.70. The van der Waals surface area contributed by atoms with Gasteiger partial charge in [-0.3, -0.25) is 0 Å². The van der Waals surface area contributed by atoms with Crippen molar-refractivity contribution >= 4 is 23.1 Å². The van der Waals surface area contributed by atoms with Crippen LogP contribution in [0.2, 0.25) is 0 Å². The van der Waals surface area contributed by atoms with E-state index >= 15 is 0 Å². The molecular formula is C21H20N4S2. The molecule has 136 valence electrons. The Morgan fingerprint density at radius 3 is 2.59 bits per heavy atom. The van der Waals surface area contributed by atoms with Crippen LogP contribution in [0.25, 0.3) is 22.0 Å². The maximum atomic E-state index is 4.80. The summed E-state index contributed by atoms with van der Waals surface area (Å²) < 4.78 is 2.16. The van der Waals surface area contributed by atoms with Crippen molar-refractivity contribution in [3.8, 4) is 22.0 Å². The van der Waals surface area contributed by atoms with Crippen LogP contribution in [0, 0.1) is 6.92 Å². The standard InChI is InChI=1S/C21H20N4S2/c1-3-25-19(16-9-5-4-6-10-16)23-24-21(25)27-14-18-13-26-20(22-18)17-11-7-8-15(2)12-17/h4-13H,3,14H2,1-2H3. The normalized spacial score (nSPS) is 11.0. The van der Waals surface area contributed by atoms with E-state index in [1.807, 2.05) is 18.2 Å². The van der Waals surface area contributed by atoms with Crippen molar-refractivity contribution in [2.24, 2.45) is 0 Å². The molecule has 0 saturated carbocycles. The van der Waals surface area contributed by atoms with Crippen LogP contribution < -0.4 is 0 Å². The minimum atomic E-state index is 0.787. The number of benzene rings is 2. The fraction of sp³-hybridized carbons (Fsp3) is 0.190. The molecule has 0 atom stereocenters. The molecule has 4 nitrogen and oxygen atoms in total. The summed E-state index contributed by atoms with van der Waals surface area (Å²) in [5, 5.41) is 12.9. The Kier molecular flexibility index (Phi) is 5.36. The summed E-state index contributed by atoms with van der Waals surface area (Å²) >= 11 is 3.38. The van der Waals surface area contributed by atoms with Crippen LogP contribution in [0.15, 0.2) is 65.1 Å². The Bertz CT molecular complexity index is 1040. The van der Waals surface area contributed by atoms with Crippen LogP contribution in [0.3, 0.4) is 0 Å². The van der Waals surface area contributed by atoms with Crippen molar-refractivity contribution in [2.75, 3.05) is 0 Å². The first-order valence-electron chi connectivity index (χ1n) is 8.87. The summed E-state index contributed by atoms with van der Waals surface area (Å²) in [6, 6.07) is 18.7. The molecule has 2 heterocycles. The van der Waals surface area contributed by atoms with Crippen molar-refractivity contribution in [1.29, 1.82) is 0 Å². The number of hydrogen-bond donors (Lipinski definition) is 0. The zero-order chi connectivity index (χ0) is 18.6. The molecule has 2 aromatic carbocycles. The lowest BCUT2D eigenvalue weighted by molar-refractivity contribution is 0.687. The number of aryl methyl sites for hydroxylation is 1. The molecule has 0 spiro atoms. The summed E-state index contributed by atoms with van der Waals surface area (Å²) in [5.41, 5.74) is 4.60. The zero-order valence-electron chi connectivity index (χ0n) is 15.3. The number of thiazole rings is 1. The van der Waals surface area contributed by atoms with Crippen LogP contribution in [0.5, 0.6) is 0 Å². The van der Waals surface area contributed by atoms with Crippen molar-refractivity contribution in [3.63, 3.8) is 0 Å². The third-order valence-electron chi connectivity index (χ3n) is 4.23. The molecule has 0 aliphatic rings.